The summed E-state index contributed by atoms with van der Waals surface area (Å²) in [5.74, 6) is -0.193. The Kier molecular flexibility index (Phi) is 12.0. The molecule has 0 spiro atoms. The molecule has 0 aliphatic rings. The molecule has 0 radical (unpaired) electrons. The first-order chi connectivity index (χ1) is 19.5. The molecule has 2 aromatic carbocycles. The van der Waals surface area contributed by atoms with E-state index in [1.165, 1.54) is 10.9 Å². The number of amides is 2. The van der Waals surface area contributed by atoms with Crippen LogP contribution in [-0.2, 0) is 11.3 Å². The van der Waals surface area contributed by atoms with Gasteiger partial charge in [-0.2, -0.15) is 0 Å². The number of esters is 1. The summed E-state index contributed by atoms with van der Waals surface area (Å²) >= 11 is 0. The second kappa shape index (κ2) is 15.9. The molecule has 10 nitrogen and oxygen atoms in total. The van der Waals surface area contributed by atoms with Crippen LogP contribution >= 0.6 is 0 Å². The Bertz CT molecular complexity index is 1230. The highest BCUT2D eigenvalue weighted by Gasteiger charge is 2.27. The first-order valence-electron chi connectivity index (χ1n) is 13.6. The Hall–Kier alpha value is -4.34. The van der Waals surface area contributed by atoms with Gasteiger partial charge in [-0.1, -0.05) is 44.9 Å². The number of methoxy groups -OCH3 is 1. The molecule has 2 amide bonds. The normalized spacial score (nSPS) is 11.4. The number of nitrogens with one attached hydrogen (secondary N) is 2. The SMILES string of the molecule is CCCCNC(=O)c1ncn(CC(COc2ccccc2)OC(=O)c2ccc(OC)cc2)c1C(=O)NCCCC. The van der Waals surface area contributed by atoms with Crippen LogP contribution in [0, 0.1) is 0 Å². The monoisotopic (exact) mass is 550 g/mol. The molecular formula is C30H38N4O6. The minimum Gasteiger partial charge on any atom is -0.497 e. The average Bonchev–Trinajstić information content (AvgIpc) is 3.40. The fraction of sp³-hybridized carbons (Fsp3) is 0.400. The number of hydrogen-bond acceptors (Lipinski definition) is 7. The smallest absolute Gasteiger partial charge is 0.338 e. The van der Waals surface area contributed by atoms with Gasteiger partial charge < -0.3 is 29.4 Å². The number of rotatable bonds is 16. The molecule has 2 N–H and O–H groups in total. The van der Waals surface area contributed by atoms with E-state index >= 15 is 0 Å². The van der Waals surface area contributed by atoms with Gasteiger partial charge in [0.15, 0.2) is 11.8 Å². The highest BCUT2D eigenvalue weighted by molar-refractivity contribution is 6.05. The van der Waals surface area contributed by atoms with E-state index in [9.17, 15) is 14.4 Å². The zero-order valence-electron chi connectivity index (χ0n) is 23.4. The Morgan fingerprint density at radius 2 is 1.52 bits per heavy atom. The van der Waals surface area contributed by atoms with Crippen molar-refractivity contribution in [2.75, 3.05) is 26.8 Å². The van der Waals surface area contributed by atoms with E-state index in [0.29, 0.717) is 30.2 Å². The molecule has 0 saturated heterocycles. The standard InChI is InChI=1S/C30H38N4O6/c1-4-6-17-31-28(35)26-27(29(36)32-18-7-5-2)34(21-33-26)19-25(20-39-24-11-9-8-10-12-24)40-30(37)22-13-15-23(38-3)16-14-22/h8-16,21,25H,4-7,17-20H2,1-3H3,(H,31,35)(H,32,36). The first-order valence-corrected chi connectivity index (χ1v) is 13.6. The number of nitrogens with zero attached hydrogens (tertiary/aromatic N) is 2. The van der Waals surface area contributed by atoms with Crippen LogP contribution in [0.5, 0.6) is 11.5 Å². The van der Waals surface area contributed by atoms with Crippen molar-refractivity contribution in [2.24, 2.45) is 0 Å². The van der Waals surface area contributed by atoms with Gasteiger partial charge >= 0.3 is 5.97 Å². The summed E-state index contributed by atoms with van der Waals surface area (Å²) in [5, 5.41) is 5.69. The lowest BCUT2D eigenvalue weighted by atomic mass is 10.2. The summed E-state index contributed by atoms with van der Waals surface area (Å²) < 4.78 is 18.4. The lowest BCUT2D eigenvalue weighted by Crippen LogP contribution is -2.34. The fourth-order valence-electron chi connectivity index (χ4n) is 3.85. The van der Waals surface area contributed by atoms with Crippen molar-refractivity contribution in [3.63, 3.8) is 0 Å². The van der Waals surface area contributed by atoms with E-state index in [0.717, 1.165) is 25.7 Å². The van der Waals surface area contributed by atoms with Crippen molar-refractivity contribution in [1.82, 2.24) is 20.2 Å². The van der Waals surface area contributed by atoms with Gasteiger partial charge in [-0.3, -0.25) is 9.59 Å². The van der Waals surface area contributed by atoms with Gasteiger partial charge in [0.05, 0.1) is 25.5 Å². The van der Waals surface area contributed by atoms with Crippen LogP contribution in [0.1, 0.15) is 70.9 Å². The Labute approximate surface area is 235 Å². The van der Waals surface area contributed by atoms with Gasteiger partial charge in [-0.05, 0) is 49.2 Å². The molecule has 0 fully saturated rings. The van der Waals surface area contributed by atoms with Crippen molar-refractivity contribution in [1.29, 1.82) is 0 Å². The summed E-state index contributed by atoms with van der Waals surface area (Å²) in [5.41, 5.74) is 0.467. The van der Waals surface area contributed by atoms with E-state index < -0.39 is 23.9 Å². The summed E-state index contributed by atoms with van der Waals surface area (Å²) in [4.78, 5) is 43.4. The molecule has 3 aromatic rings. The summed E-state index contributed by atoms with van der Waals surface area (Å²) in [6.45, 7) is 5.05. The third-order valence-electron chi connectivity index (χ3n) is 6.08. The van der Waals surface area contributed by atoms with Crippen molar-refractivity contribution in [3.05, 3.63) is 77.9 Å². The van der Waals surface area contributed by atoms with Gasteiger partial charge in [-0.15, -0.1) is 0 Å². The maximum atomic E-state index is 13.2. The predicted octanol–water partition coefficient (Wildman–Crippen LogP) is 4.26. The van der Waals surface area contributed by atoms with Crippen LogP contribution in [-0.4, -0.2) is 60.2 Å². The second-order valence-electron chi connectivity index (χ2n) is 9.19. The van der Waals surface area contributed by atoms with Crippen LogP contribution in [0.4, 0.5) is 0 Å². The molecule has 1 heterocycles. The quantitative estimate of drug-likeness (QED) is 0.202. The van der Waals surface area contributed by atoms with Gasteiger partial charge in [0, 0.05) is 13.1 Å². The fourth-order valence-corrected chi connectivity index (χ4v) is 3.85. The van der Waals surface area contributed by atoms with Crippen molar-refractivity contribution in [2.45, 2.75) is 52.2 Å². The number of ether oxygens (including phenoxy) is 3. The van der Waals surface area contributed by atoms with Gasteiger partial charge in [0.25, 0.3) is 11.8 Å². The van der Waals surface area contributed by atoms with E-state index in [-0.39, 0.29) is 24.5 Å². The Balaban J connectivity index is 1.86. The lowest BCUT2D eigenvalue weighted by Gasteiger charge is -2.20. The van der Waals surface area contributed by atoms with E-state index in [4.69, 9.17) is 14.2 Å². The molecule has 1 aromatic heterocycles. The largest absolute Gasteiger partial charge is 0.497 e. The lowest BCUT2D eigenvalue weighted by molar-refractivity contribution is 0.0123. The maximum Gasteiger partial charge on any atom is 0.338 e. The number of benzene rings is 2. The van der Waals surface area contributed by atoms with E-state index in [2.05, 4.69) is 15.6 Å². The molecule has 214 valence electrons. The van der Waals surface area contributed by atoms with E-state index in [1.807, 2.05) is 32.0 Å². The van der Waals surface area contributed by atoms with Crippen molar-refractivity contribution in [3.8, 4) is 11.5 Å². The minimum atomic E-state index is -0.804. The van der Waals surface area contributed by atoms with Crippen molar-refractivity contribution >= 4 is 17.8 Å². The molecule has 1 unspecified atom stereocenters. The van der Waals surface area contributed by atoms with Crippen LogP contribution in [0.15, 0.2) is 60.9 Å². The third kappa shape index (κ3) is 8.86. The number of carbonyl (C=O) groups excluding carboxylic acids is 3. The molecule has 3 rings (SSSR count). The highest BCUT2D eigenvalue weighted by atomic mass is 16.6. The zero-order valence-corrected chi connectivity index (χ0v) is 23.4. The molecule has 40 heavy (non-hydrogen) atoms. The first kappa shape index (κ1) is 30.2. The summed E-state index contributed by atoms with van der Waals surface area (Å²) in [7, 11) is 1.55. The highest BCUT2D eigenvalue weighted by Crippen LogP contribution is 2.17. The van der Waals surface area contributed by atoms with Gasteiger partial charge in [0.2, 0.25) is 0 Å². The van der Waals surface area contributed by atoms with Gasteiger partial charge in [-0.25, -0.2) is 9.78 Å². The topological polar surface area (TPSA) is 121 Å². The summed E-state index contributed by atoms with van der Waals surface area (Å²) in [6, 6.07) is 15.7. The van der Waals surface area contributed by atoms with Crippen LogP contribution in [0.3, 0.4) is 0 Å². The van der Waals surface area contributed by atoms with Gasteiger partial charge in [0.1, 0.15) is 23.8 Å². The van der Waals surface area contributed by atoms with Crippen LogP contribution in [0.2, 0.25) is 0 Å². The molecule has 0 bridgehead atoms. The Morgan fingerprint density at radius 1 is 0.875 bits per heavy atom. The number of hydrogen-bond donors (Lipinski definition) is 2. The number of unbranched alkanes of at least 4 members (excludes halogenated alkanes) is 2. The number of aromatic nitrogens is 2. The number of carbonyl (C=O) groups is 3. The molecule has 0 saturated carbocycles. The molecule has 10 heteroatoms. The second-order valence-corrected chi connectivity index (χ2v) is 9.19. The number of imidazole rings is 1. The molecule has 1 atom stereocenters. The minimum absolute atomic E-state index is 0.0129. The molecule has 0 aliphatic heterocycles. The van der Waals surface area contributed by atoms with Crippen LogP contribution < -0.4 is 20.1 Å². The molecule has 0 aliphatic carbocycles. The average molecular weight is 551 g/mol. The predicted molar refractivity (Wildman–Crippen MR) is 151 cm³/mol. The van der Waals surface area contributed by atoms with Crippen LogP contribution in [0.25, 0.3) is 0 Å². The van der Waals surface area contributed by atoms with E-state index in [1.54, 1.807) is 43.5 Å². The Morgan fingerprint density at radius 3 is 2.15 bits per heavy atom. The maximum absolute atomic E-state index is 13.2. The summed E-state index contributed by atoms with van der Waals surface area (Å²) in [6.07, 6.45) is 4.05. The van der Waals surface area contributed by atoms with Crippen molar-refractivity contribution < 1.29 is 28.6 Å². The molecular weight excluding hydrogens is 512 g/mol. The number of para-hydroxylation sites is 1. The third-order valence-corrected chi connectivity index (χ3v) is 6.08. The zero-order chi connectivity index (χ0) is 28.7.